The highest BCUT2D eigenvalue weighted by molar-refractivity contribution is 6.99. The van der Waals surface area contributed by atoms with Crippen LogP contribution in [0.15, 0.2) is 152 Å². The van der Waals surface area contributed by atoms with Crippen molar-refractivity contribution in [1.29, 1.82) is 0 Å². The molecule has 0 unspecified atom stereocenters. The molecule has 236 valence electrons. The fourth-order valence-electron chi connectivity index (χ4n) is 7.08. The Balaban J connectivity index is 1.35. The van der Waals surface area contributed by atoms with E-state index in [0.29, 0.717) is 12.8 Å². The highest BCUT2D eigenvalue weighted by atomic mass is 28.4. The molecule has 46 heavy (non-hydrogen) atoms. The molecular formula is C41H44O4Si. The monoisotopic (exact) mass is 628 g/mol. The van der Waals surface area contributed by atoms with Crippen LogP contribution >= 0.6 is 0 Å². The lowest BCUT2D eigenvalue weighted by Crippen LogP contribution is -2.68. The SMILES string of the molecule is CC(C)(C)[Si](O[C@H]1C[C@H](COC(c2ccccc2)(c2ccccc2)c2ccccc2)O[C@@H](O)C1)(c1ccccc1)c1ccccc1. The minimum atomic E-state index is -2.82. The number of benzene rings is 5. The van der Waals surface area contributed by atoms with Gasteiger partial charge < -0.3 is 19.0 Å². The first-order valence-corrected chi connectivity index (χ1v) is 18.2. The Kier molecular flexibility index (Phi) is 9.69. The maximum Gasteiger partial charge on any atom is 0.261 e. The second-order valence-corrected chi connectivity index (χ2v) is 17.4. The molecule has 6 rings (SSSR count). The van der Waals surface area contributed by atoms with Crippen LogP contribution in [0.25, 0.3) is 0 Å². The van der Waals surface area contributed by atoms with E-state index in [1.165, 1.54) is 10.4 Å². The van der Waals surface area contributed by atoms with Crippen LogP contribution in [-0.2, 0) is 19.5 Å². The maximum absolute atomic E-state index is 11.1. The van der Waals surface area contributed by atoms with Crippen molar-refractivity contribution in [2.45, 2.75) is 62.8 Å². The molecule has 0 saturated carbocycles. The van der Waals surface area contributed by atoms with Gasteiger partial charge in [0.25, 0.3) is 8.32 Å². The Labute approximate surface area is 274 Å². The molecular weight excluding hydrogens is 585 g/mol. The third-order valence-corrected chi connectivity index (χ3v) is 14.2. The van der Waals surface area contributed by atoms with E-state index in [-0.39, 0.29) is 23.9 Å². The Morgan fingerprint density at radius 2 is 1.00 bits per heavy atom. The molecule has 5 aromatic carbocycles. The Bertz CT molecular complexity index is 1500. The predicted molar refractivity (Wildman–Crippen MR) is 188 cm³/mol. The highest BCUT2D eigenvalue weighted by Crippen LogP contribution is 2.42. The molecule has 0 radical (unpaired) electrons. The number of hydrogen-bond acceptors (Lipinski definition) is 4. The molecule has 0 spiro atoms. The zero-order valence-corrected chi connectivity index (χ0v) is 28.0. The molecule has 0 aromatic heterocycles. The lowest BCUT2D eigenvalue weighted by Gasteiger charge is -2.47. The first-order valence-electron chi connectivity index (χ1n) is 16.3. The summed E-state index contributed by atoms with van der Waals surface area (Å²) in [6, 6.07) is 52.4. The molecule has 0 amide bonds. The minimum Gasteiger partial charge on any atom is -0.404 e. The van der Waals surface area contributed by atoms with Gasteiger partial charge in [0, 0.05) is 12.8 Å². The second-order valence-electron chi connectivity index (χ2n) is 13.2. The van der Waals surface area contributed by atoms with E-state index in [1.54, 1.807) is 0 Å². The summed E-state index contributed by atoms with van der Waals surface area (Å²) in [5, 5.41) is 13.4. The Morgan fingerprint density at radius 3 is 1.39 bits per heavy atom. The molecule has 5 aromatic rings. The predicted octanol–water partition coefficient (Wildman–Crippen LogP) is 7.44. The van der Waals surface area contributed by atoms with Crippen LogP contribution in [0.4, 0.5) is 0 Å². The van der Waals surface area contributed by atoms with Crippen LogP contribution in [0, 0.1) is 0 Å². The van der Waals surface area contributed by atoms with Gasteiger partial charge in [-0.2, -0.15) is 0 Å². The molecule has 0 aliphatic carbocycles. The number of aliphatic hydroxyl groups excluding tert-OH is 1. The number of ether oxygens (including phenoxy) is 2. The Morgan fingerprint density at radius 1 is 0.609 bits per heavy atom. The lowest BCUT2D eigenvalue weighted by molar-refractivity contribution is -0.206. The molecule has 1 N–H and O–H groups in total. The van der Waals surface area contributed by atoms with Crippen molar-refractivity contribution in [1.82, 2.24) is 0 Å². The molecule has 1 fully saturated rings. The van der Waals surface area contributed by atoms with Gasteiger partial charge in [-0.1, -0.05) is 172 Å². The summed E-state index contributed by atoms with van der Waals surface area (Å²) >= 11 is 0. The van der Waals surface area contributed by atoms with Gasteiger partial charge in [-0.25, -0.2) is 0 Å². The molecule has 1 heterocycles. The zero-order chi connectivity index (χ0) is 32.0. The quantitative estimate of drug-likeness (QED) is 0.129. The van der Waals surface area contributed by atoms with Gasteiger partial charge in [-0.05, 0) is 32.1 Å². The summed E-state index contributed by atoms with van der Waals surface area (Å²) in [6.07, 6.45) is -0.533. The number of rotatable bonds is 10. The fourth-order valence-corrected chi connectivity index (χ4v) is 11.8. The largest absolute Gasteiger partial charge is 0.404 e. The van der Waals surface area contributed by atoms with E-state index in [4.69, 9.17) is 13.9 Å². The normalized spacial score (nSPS) is 19.1. The van der Waals surface area contributed by atoms with Crippen LogP contribution in [0.1, 0.15) is 50.3 Å². The van der Waals surface area contributed by atoms with Crippen molar-refractivity contribution in [2.75, 3.05) is 6.61 Å². The number of hydrogen-bond donors (Lipinski definition) is 1. The van der Waals surface area contributed by atoms with Crippen LogP contribution in [0.3, 0.4) is 0 Å². The summed E-state index contributed by atoms with van der Waals surface area (Å²) in [5.74, 6) is 0. The van der Waals surface area contributed by atoms with Gasteiger partial charge in [0.1, 0.15) is 5.60 Å². The van der Waals surface area contributed by atoms with Crippen LogP contribution in [0.5, 0.6) is 0 Å². The van der Waals surface area contributed by atoms with E-state index < -0.39 is 20.2 Å². The fraction of sp³-hybridized carbons (Fsp3) is 0.268. The molecule has 1 aliphatic rings. The standard InChI is InChI=1S/C41H44O4Si/c1-40(2,3)46(37-25-15-7-16-26-37,38-27-17-8-18-28-38)45-35-29-36(44-39(42)30-35)31-43-41(32-19-9-4-10-20-32,33-21-11-5-12-22-33)34-23-13-6-14-24-34/h4-28,35-36,39,42H,29-31H2,1-3H3/t35-,36+,39+/m0/s1. The third-order valence-electron chi connectivity index (χ3n) is 9.13. The summed E-state index contributed by atoms with van der Waals surface area (Å²) in [6.45, 7) is 7.12. The van der Waals surface area contributed by atoms with Crippen LogP contribution < -0.4 is 10.4 Å². The highest BCUT2D eigenvalue weighted by Gasteiger charge is 2.52. The van der Waals surface area contributed by atoms with Crippen molar-refractivity contribution in [2.24, 2.45) is 0 Å². The Hall–Kier alpha value is -3.84. The van der Waals surface area contributed by atoms with Gasteiger partial charge in [0.05, 0.1) is 18.8 Å². The smallest absolute Gasteiger partial charge is 0.261 e. The van der Waals surface area contributed by atoms with Crippen molar-refractivity contribution in [3.63, 3.8) is 0 Å². The molecule has 1 aliphatic heterocycles. The van der Waals surface area contributed by atoms with Crippen molar-refractivity contribution < 1.29 is 19.0 Å². The summed E-state index contributed by atoms with van der Waals surface area (Å²) in [5.41, 5.74) is 2.22. The lowest BCUT2D eigenvalue weighted by atomic mass is 9.80. The first-order chi connectivity index (χ1) is 22.3. The molecule has 3 atom stereocenters. The van der Waals surface area contributed by atoms with Crippen LogP contribution in [0.2, 0.25) is 5.04 Å². The molecule has 4 nitrogen and oxygen atoms in total. The third kappa shape index (κ3) is 6.39. The van der Waals surface area contributed by atoms with Gasteiger partial charge in [-0.3, -0.25) is 0 Å². The summed E-state index contributed by atoms with van der Waals surface area (Å²) < 4.78 is 20.8. The summed E-state index contributed by atoms with van der Waals surface area (Å²) in [7, 11) is -2.82. The maximum atomic E-state index is 11.1. The first kappa shape index (κ1) is 32.1. The molecule has 1 saturated heterocycles. The van der Waals surface area contributed by atoms with E-state index in [2.05, 4.69) is 118 Å². The topological polar surface area (TPSA) is 47.9 Å². The average Bonchev–Trinajstić information content (AvgIpc) is 3.09. The van der Waals surface area contributed by atoms with Crippen molar-refractivity contribution in [3.8, 4) is 0 Å². The minimum absolute atomic E-state index is 0.173. The van der Waals surface area contributed by atoms with Gasteiger partial charge in [0.15, 0.2) is 6.29 Å². The van der Waals surface area contributed by atoms with Gasteiger partial charge >= 0.3 is 0 Å². The second kappa shape index (κ2) is 13.9. The summed E-state index contributed by atoms with van der Waals surface area (Å²) in [4.78, 5) is 0. The van der Waals surface area contributed by atoms with E-state index in [1.807, 2.05) is 54.6 Å². The van der Waals surface area contributed by atoms with E-state index in [9.17, 15) is 5.11 Å². The average molecular weight is 629 g/mol. The van der Waals surface area contributed by atoms with Crippen molar-refractivity contribution in [3.05, 3.63) is 168 Å². The van der Waals surface area contributed by atoms with E-state index in [0.717, 1.165) is 16.7 Å². The van der Waals surface area contributed by atoms with Crippen LogP contribution in [-0.4, -0.2) is 38.5 Å². The van der Waals surface area contributed by atoms with Gasteiger partial charge in [0.2, 0.25) is 0 Å². The van der Waals surface area contributed by atoms with Crippen molar-refractivity contribution >= 4 is 18.7 Å². The zero-order valence-electron chi connectivity index (χ0n) is 27.0. The van der Waals surface area contributed by atoms with E-state index >= 15 is 0 Å². The van der Waals surface area contributed by atoms with Gasteiger partial charge in [-0.15, -0.1) is 0 Å². The molecule has 0 bridgehead atoms. The number of aliphatic hydroxyl groups is 1. The molecule has 5 heteroatoms.